The van der Waals surface area contributed by atoms with Gasteiger partial charge in [-0.25, -0.2) is 0 Å². The van der Waals surface area contributed by atoms with Crippen molar-refractivity contribution < 1.29 is 32.7 Å². The molecule has 0 nitrogen and oxygen atoms in total. The standard InChI is InChI=1S/C6H11.C5H12.Y/c1-2-4-6-5-3-1;1-4-5(2)3;/h1H,2-6H2;5H,4H2,1-3H3;/q-1;;. The average molecular weight is 244 g/mol. The van der Waals surface area contributed by atoms with Crippen LogP contribution in [0.25, 0.3) is 0 Å². The summed E-state index contributed by atoms with van der Waals surface area (Å²) in [6.45, 7) is 6.64. The molecular weight excluding hydrogens is 221 g/mol. The molecule has 0 amide bonds. The second kappa shape index (κ2) is 12.1. The molecule has 0 aliphatic heterocycles. The van der Waals surface area contributed by atoms with Gasteiger partial charge in [0.15, 0.2) is 0 Å². The van der Waals surface area contributed by atoms with Crippen LogP contribution < -0.4 is 0 Å². The van der Waals surface area contributed by atoms with Gasteiger partial charge in [-0.2, -0.15) is 12.8 Å². The van der Waals surface area contributed by atoms with Gasteiger partial charge in [-0.1, -0.05) is 46.5 Å². The molecule has 0 saturated heterocycles. The molecule has 0 atom stereocenters. The van der Waals surface area contributed by atoms with Crippen LogP contribution in [-0.4, -0.2) is 0 Å². The zero-order valence-electron chi connectivity index (χ0n) is 8.97. The van der Waals surface area contributed by atoms with E-state index in [1.165, 1.54) is 38.5 Å². The molecule has 1 radical (unpaired) electrons. The summed E-state index contributed by atoms with van der Waals surface area (Å²) in [7, 11) is 0. The molecule has 0 spiro atoms. The molecular formula is C11H23Y-. The maximum absolute atomic E-state index is 2.39. The van der Waals surface area contributed by atoms with Gasteiger partial charge < -0.3 is 6.42 Å². The van der Waals surface area contributed by atoms with Crippen molar-refractivity contribution in [2.75, 3.05) is 0 Å². The molecule has 12 heavy (non-hydrogen) atoms. The van der Waals surface area contributed by atoms with Gasteiger partial charge in [0, 0.05) is 32.7 Å². The minimum absolute atomic E-state index is 0. The van der Waals surface area contributed by atoms with Crippen molar-refractivity contribution in [1.82, 2.24) is 0 Å². The number of hydrogen-bond acceptors (Lipinski definition) is 0. The smallest absolute Gasteiger partial charge is 0 e. The van der Waals surface area contributed by atoms with Crippen LogP contribution in [0.3, 0.4) is 0 Å². The summed E-state index contributed by atoms with van der Waals surface area (Å²) in [4.78, 5) is 0. The quantitative estimate of drug-likeness (QED) is 0.606. The molecule has 0 heterocycles. The van der Waals surface area contributed by atoms with Gasteiger partial charge in [-0.05, 0) is 5.92 Å². The van der Waals surface area contributed by atoms with Gasteiger partial charge in [-0.3, -0.25) is 0 Å². The van der Waals surface area contributed by atoms with Crippen LogP contribution in [0.4, 0.5) is 0 Å². The molecule has 0 aromatic rings. The van der Waals surface area contributed by atoms with E-state index in [0.29, 0.717) is 0 Å². The van der Waals surface area contributed by atoms with Crippen LogP contribution in [0.2, 0.25) is 0 Å². The van der Waals surface area contributed by atoms with Gasteiger partial charge in [0.2, 0.25) is 0 Å². The molecule has 1 aliphatic carbocycles. The minimum Gasteiger partial charge on any atom is -0.328 e. The predicted molar refractivity (Wildman–Crippen MR) is 52.5 cm³/mol. The first-order chi connectivity index (χ1) is 5.27. The Hall–Kier alpha value is 1.10. The van der Waals surface area contributed by atoms with Crippen LogP contribution in [0.1, 0.15) is 59.3 Å². The van der Waals surface area contributed by atoms with Gasteiger partial charge in [0.25, 0.3) is 0 Å². The minimum atomic E-state index is 0. The molecule has 0 unspecified atom stereocenters. The van der Waals surface area contributed by atoms with Crippen molar-refractivity contribution in [2.45, 2.75) is 59.3 Å². The Morgan fingerprint density at radius 2 is 1.50 bits per heavy atom. The molecule has 1 fully saturated rings. The first-order valence-electron chi connectivity index (χ1n) is 5.09. The predicted octanol–water partition coefficient (Wildman–Crippen LogP) is 4.20. The molecule has 0 N–H and O–H groups in total. The van der Waals surface area contributed by atoms with E-state index in [2.05, 4.69) is 27.2 Å². The first-order valence-corrected chi connectivity index (χ1v) is 5.09. The van der Waals surface area contributed by atoms with E-state index in [9.17, 15) is 0 Å². The van der Waals surface area contributed by atoms with E-state index >= 15 is 0 Å². The molecule has 1 heteroatoms. The van der Waals surface area contributed by atoms with E-state index in [1.807, 2.05) is 0 Å². The fraction of sp³-hybridized carbons (Fsp3) is 0.909. The molecule has 1 rings (SSSR count). The Balaban J connectivity index is 0. The van der Waals surface area contributed by atoms with Crippen LogP contribution in [0.15, 0.2) is 0 Å². The SMILES string of the molecule is CCC(C)C.[CH-]1CCCCC1.[Y]. The van der Waals surface area contributed by atoms with Crippen molar-refractivity contribution in [2.24, 2.45) is 5.92 Å². The summed E-state index contributed by atoms with van der Waals surface area (Å²) < 4.78 is 0. The Bertz CT molecular complexity index is 53.9. The van der Waals surface area contributed by atoms with Gasteiger partial charge in [0.05, 0.1) is 0 Å². The number of rotatable bonds is 1. The molecule has 1 saturated carbocycles. The van der Waals surface area contributed by atoms with E-state index in [0.717, 1.165) is 5.92 Å². The molecule has 71 valence electrons. The Morgan fingerprint density at radius 3 is 1.58 bits per heavy atom. The Labute approximate surface area is 104 Å². The van der Waals surface area contributed by atoms with Crippen molar-refractivity contribution in [3.63, 3.8) is 0 Å². The summed E-state index contributed by atoms with van der Waals surface area (Å²) >= 11 is 0. The van der Waals surface area contributed by atoms with Crippen LogP contribution >= 0.6 is 0 Å². The average Bonchev–Trinajstić information content (AvgIpc) is 2.09. The second-order valence-electron chi connectivity index (χ2n) is 3.73. The van der Waals surface area contributed by atoms with Crippen LogP contribution in [0.5, 0.6) is 0 Å². The van der Waals surface area contributed by atoms with Crippen LogP contribution in [0, 0.1) is 12.3 Å². The van der Waals surface area contributed by atoms with Crippen molar-refractivity contribution >= 4 is 0 Å². The largest absolute Gasteiger partial charge is 0.328 e. The molecule has 0 aromatic heterocycles. The maximum atomic E-state index is 2.39. The summed E-state index contributed by atoms with van der Waals surface area (Å²) in [5, 5.41) is 0. The molecule has 0 aromatic carbocycles. The monoisotopic (exact) mass is 244 g/mol. The van der Waals surface area contributed by atoms with Crippen molar-refractivity contribution in [3.05, 3.63) is 6.42 Å². The maximum Gasteiger partial charge on any atom is 0 e. The second-order valence-corrected chi connectivity index (χ2v) is 3.73. The number of hydrogen-bond donors (Lipinski definition) is 0. The summed E-state index contributed by atoms with van der Waals surface area (Å²) in [6.07, 6.45) is 10.8. The van der Waals surface area contributed by atoms with E-state index in [-0.39, 0.29) is 32.7 Å². The zero-order chi connectivity index (χ0) is 8.53. The van der Waals surface area contributed by atoms with Crippen molar-refractivity contribution in [1.29, 1.82) is 0 Å². The summed E-state index contributed by atoms with van der Waals surface area (Å²) in [5.74, 6) is 0.884. The van der Waals surface area contributed by atoms with Gasteiger partial charge >= 0.3 is 0 Å². The van der Waals surface area contributed by atoms with E-state index in [4.69, 9.17) is 0 Å². The normalized spacial score (nSPS) is 16.0. The fourth-order valence-corrected chi connectivity index (χ4v) is 0.898. The van der Waals surface area contributed by atoms with E-state index < -0.39 is 0 Å². The van der Waals surface area contributed by atoms with Crippen molar-refractivity contribution in [3.8, 4) is 0 Å². The van der Waals surface area contributed by atoms with Crippen LogP contribution in [-0.2, 0) is 32.7 Å². The summed E-state index contributed by atoms with van der Waals surface area (Å²) in [6, 6.07) is 0. The molecule has 0 bridgehead atoms. The van der Waals surface area contributed by atoms with E-state index in [1.54, 1.807) is 0 Å². The third-order valence-corrected chi connectivity index (χ3v) is 2.13. The van der Waals surface area contributed by atoms with Gasteiger partial charge in [-0.15, -0.1) is 0 Å². The zero-order valence-corrected chi connectivity index (χ0v) is 11.8. The third-order valence-electron chi connectivity index (χ3n) is 2.13. The Morgan fingerprint density at radius 1 is 1.08 bits per heavy atom. The van der Waals surface area contributed by atoms with Gasteiger partial charge in [0.1, 0.15) is 0 Å². The topological polar surface area (TPSA) is 0 Å². The molecule has 1 aliphatic rings. The Kier molecular flexibility index (Phi) is 15.7. The summed E-state index contributed by atoms with van der Waals surface area (Å²) in [5.41, 5.74) is 0. The third kappa shape index (κ3) is 13.7. The fourth-order valence-electron chi connectivity index (χ4n) is 0.898. The first kappa shape index (κ1) is 15.6.